The highest BCUT2D eigenvalue weighted by Gasteiger charge is 2.04. The van der Waals surface area contributed by atoms with Gasteiger partial charge < -0.3 is 10.6 Å². The molecule has 134 valence electrons. The van der Waals surface area contributed by atoms with E-state index >= 15 is 0 Å². The maximum absolute atomic E-state index is 6.20. The average molecular weight is 387 g/mol. The predicted molar refractivity (Wildman–Crippen MR) is 109 cm³/mol. The van der Waals surface area contributed by atoms with Gasteiger partial charge in [-0.05, 0) is 42.7 Å². The fraction of sp³-hybridized carbons (Fsp3) is 0.200. The van der Waals surface area contributed by atoms with Gasteiger partial charge in [-0.25, -0.2) is 4.98 Å². The van der Waals surface area contributed by atoms with Crippen LogP contribution < -0.4 is 10.6 Å². The molecular weight excluding hydrogens is 367 g/mol. The smallest absolute Gasteiger partial charge is 0.224 e. The maximum Gasteiger partial charge on any atom is 0.224 e. The molecule has 0 fully saturated rings. The molecule has 0 amide bonds. The fourth-order valence-corrected chi connectivity index (χ4v) is 2.86. The van der Waals surface area contributed by atoms with E-state index in [-0.39, 0.29) is 0 Å². The van der Waals surface area contributed by atoms with Gasteiger partial charge in [-0.3, -0.25) is 0 Å². The van der Waals surface area contributed by atoms with E-state index in [1.165, 1.54) is 5.56 Å². The molecule has 3 rings (SSSR count). The number of anilines is 2. The normalized spacial score (nSPS) is 10.6. The van der Waals surface area contributed by atoms with Crippen LogP contribution in [0, 0.1) is 6.92 Å². The number of hydrogen-bond acceptors (Lipinski definition) is 4. The molecule has 26 heavy (non-hydrogen) atoms. The minimum atomic E-state index is 0.611. The van der Waals surface area contributed by atoms with Crippen molar-refractivity contribution in [3.8, 4) is 0 Å². The van der Waals surface area contributed by atoms with Gasteiger partial charge in [-0.1, -0.05) is 53.5 Å². The second kappa shape index (κ2) is 8.88. The number of nitrogens with one attached hydrogen (secondary N) is 2. The third kappa shape index (κ3) is 5.35. The average Bonchev–Trinajstić information content (AvgIpc) is 2.62. The Kier molecular flexibility index (Phi) is 6.31. The van der Waals surface area contributed by atoms with Crippen LogP contribution in [0.4, 0.5) is 11.8 Å². The van der Waals surface area contributed by atoms with E-state index in [1.807, 2.05) is 61.5 Å². The predicted octanol–water partition coefficient (Wildman–Crippen LogP) is 5.36. The molecule has 0 radical (unpaired) electrons. The van der Waals surface area contributed by atoms with Crippen molar-refractivity contribution in [2.24, 2.45) is 0 Å². The molecule has 1 aromatic heterocycles. The molecule has 1 heterocycles. The molecule has 0 saturated carbocycles. The largest absolute Gasteiger partial charge is 0.366 e. The number of aryl methyl sites for hydroxylation is 1. The van der Waals surface area contributed by atoms with Crippen molar-refractivity contribution in [1.29, 1.82) is 0 Å². The second-order valence-electron chi connectivity index (χ2n) is 5.97. The molecule has 0 saturated heterocycles. The van der Waals surface area contributed by atoms with Crippen LogP contribution in [0.25, 0.3) is 0 Å². The molecule has 0 aliphatic heterocycles. The van der Waals surface area contributed by atoms with E-state index in [9.17, 15) is 0 Å². The van der Waals surface area contributed by atoms with Gasteiger partial charge in [-0.2, -0.15) is 4.98 Å². The van der Waals surface area contributed by atoms with E-state index in [1.54, 1.807) is 0 Å². The fourth-order valence-electron chi connectivity index (χ4n) is 2.54. The molecule has 0 aliphatic rings. The Morgan fingerprint density at radius 2 is 1.69 bits per heavy atom. The summed E-state index contributed by atoms with van der Waals surface area (Å²) in [4.78, 5) is 8.97. The highest BCUT2D eigenvalue weighted by Crippen LogP contribution is 2.17. The third-order valence-corrected chi connectivity index (χ3v) is 4.50. The van der Waals surface area contributed by atoms with Crippen molar-refractivity contribution >= 4 is 35.0 Å². The number of nitrogens with zero attached hydrogens (tertiary/aromatic N) is 2. The molecule has 4 nitrogen and oxygen atoms in total. The van der Waals surface area contributed by atoms with Crippen LogP contribution in [-0.2, 0) is 13.0 Å². The highest BCUT2D eigenvalue weighted by atomic mass is 35.5. The van der Waals surface area contributed by atoms with E-state index in [4.69, 9.17) is 23.2 Å². The summed E-state index contributed by atoms with van der Waals surface area (Å²) in [6.07, 6.45) is 0.872. The standard InChI is InChI=1S/C20H20Cl2N4/c1-14-12-19(24-13-16-4-2-3-5-18(16)22)26-20(25-14)23-11-10-15-6-8-17(21)9-7-15/h2-9,12H,10-11,13H2,1H3,(H2,23,24,25,26). The summed E-state index contributed by atoms with van der Waals surface area (Å²) in [5.74, 6) is 1.38. The molecule has 0 atom stereocenters. The first kappa shape index (κ1) is 18.5. The first-order valence-corrected chi connectivity index (χ1v) is 9.17. The van der Waals surface area contributed by atoms with E-state index in [0.717, 1.165) is 40.1 Å². The molecule has 0 aliphatic carbocycles. The Hall–Kier alpha value is -2.30. The lowest BCUT2D eigenvalue weighted by atomic mass is 10.1. The van der Waals surface area contributed by atoms with Crippen LogP contribution in [0.5, 0.6) is 0 Å². The number of benzene rings is 2. The molecule has 6 heteroatoms. The van der Waals surface area contributed by atoms with Gasteiger partial charge in [0.25, 0.3) is 0 Å². The van der Waals surface area contributed by atoms with Crippen molar-refractivity contribution < 1.29 is 0 Å². The Bertz CT molecular complexity index is 866. The van der Waals surface area contributed by atoms with Crippen LogP contribution in [0.2, 0.25) is 10.0 Å². The topological polar surface area (TPSA) is 49.8 Å². The summed E-state index contributed by atoms with van der Waals surface area (Å²) >= 11 is 12.1. The summed E-state index contributed by atoms with van der Waals surface area (Å²) in [5, 5.41) is 8.08. The molecule has 2 aromatic carbocycles. The Labute approximate surface area is 163 Å². The van der Waals surface area contributed by atoms with Crippen molar-refractivity contribution in [1.82, 2.24) is 9.97 Å². The van der Waals surface area contributed by atoms with Crippen LogP contribution in [0.15, 0.2) is 54.6 Å². The van der Waals surface area contributed by atoms with Crippen LogP contribution in [0.3, 0.4) is 0 Å². The summed E-state index contributed by atoms with van der Waals surface area (Å²) in [5.41, 5.74) is 3.14. The molecule has 3 aromatic rings. The van der Waals surface area contributed by atoms with E-state index in [2.05, 4.69) is 20.6 Å². The summed E-state index contributed by atoms with van der Waals surface area (Å²) in [6.45, 7) is 3.31. The van der Waals surface area contributed by atoms with Gasteiger partial charge in [0.05, 0.1) is 0 Å². The first-order chi connectivity index (χ1) is 12.6. The lowest BCUT2D eigenvalue weighted by molar-refractivity contribution is 0.970. The van der Waals surface area contributed by atoms with Crippen LogP contribution in [-0.4, -0.2) is 16.5 Å². The second-order valence-corrected chi connectivity index (χ2v) is 6.81. The maximum atomic E-state index is 6.20. The zero-order valence-corrected chi connectivity index (χ0v) is 16.0. The van der Waals surface area contributed by atoms with Crippen LogP contribution >= 0.6 is 23.2 Å². The van der Waals surface area contributed by atoms with E-state index < -0.39 is 0 Å². The highest BCUT2D eigenvalue weighted by molar-refractivity contribution is 6.31. The lowest BCUT2D eigenvalue weighted by Crippen LogP contribution is -2.10. The Morgan fingerprint density at radius 3 is 2.46 bits per heavy atom. The minimum absolute atomic E-state index is 0.611. The first-order valence-electron chi connectivity index (χ1n) is 8.41. The number of aromatic nitrogens is 2. The summed E-state index contributed by atoms with van der Waals surface area (Å²) < 4.78 is 0. The molecule has 0 spiro atoms. The lowest BCUT2D eigenvalue weighted by Gasteiger charge is -2.11. The zero-order valence-electron chi connectivity index (χ0n) is 14.5. The zero-order chi connectivity index (χ0) is 18.4. The third-order valence-electron chi connectivity index (χ3n) is 3.88. The van der Waals surface area contributed by atoms with Gasteiger partial charge in [0.15, 0.2) is 0 Å². The van der Waals surface area contributed by atoms with Crippen molar-refractivity contribution in [3.05, 3.63) is 81.5 Å². The number of rotatable bonds is 7. The van der Waals surface area contributed by atoms with Crippen molar-refractivity contribution in [2.75, 3.05) is 17.2 Å². The van der Waals surface area contributed by atoms with Gasteiger partial charge >= 0.3 is 0 Å². The van der Waals surface area contributed by atoms with E-state index in [0.29, 0.717) is 12.5 Å². The van der Waals surface area contributed by atoms with Gasteiger partial charge in [0.1, 0.15) is 5.82 Å². The Balaban J connectivity index is 1.58. The SMILES string of the molecule is Cc1cc(NCc2ccccc2Cl)nc(NCCc2ccc(Cl)cc2)n1. The number of halogens is 2. The number of hydrogen-bond donors (Lipinski definition) is 2. The summed E-state index contributed by atoms with van der Waals surface area (Å²) in [7, 11) is 0. The molecule has 0 unspecified atom stereocenters. The van der Waals surface area contributed by atoms with Crippen LogP contribution in [0.1, 0.15) is 16.8 Å². The minimum Gasteiger partial charge on any atom is -0.366 e. The molecule has 2 N–H and O–H groups in total. The summed E-state index contributed by atoms with van der Waals surface area (Å²) in [6, 6.07) is 17.5. The quantitative estimate of drug-likeness (QED) is 0.573. The van der Waals surface area contributed by atoms with Gasteiger partial charge in [-0.15, -0.1) is 0 Å². The van der Waals surface area contributed by atoms with Crippen molar-refractivity contribution in [3.63, 3.8) is 0 Å². The van der Waals surface area contributed by atoms with Gasteiger partial charge in [0.2, 0.25) is 5.95 Å². The monoisotopic (exact) mass is 386 g/mol. The molecular formula is C20H20Cl2N4. The van der Waals surface area contributed by atoms with Crippen molar-refractivity contribution in [2.45, 2.75) is 19.9 Å². The Morgan fingerprint density at radius 1 is 0.923 bits per heavy atom. The van der Waals surface area contributed by atoms with Gasteiger partial charge in [0, 0.05) is 34.9 Å². The molecule has 0 bridgehead atoms.